The number of nitrogens with zero attached hydrogens (tertiary/aromatic N) is 1. The summed E-state index contributed by atoms with van der Waals surface area (Å²) in [7, 11) is 0. The van der Waals surface area contributed by atoms with E-state index < -0.39 is 0 Å². The minimum absolute atomic E-state index is 0.116. The fourth-order valence-corrected chi connectivity index (χ4v) is 2.96. The number of nitrogens with one attached hydrogen (secondary N) is 3. The highest BCUT2D eigenvalue weighted by Gasteiger charge is 2.06. The van der Waals surface area contributed by atoms with E-state index >= 15 is 0 Å². The van der Waals surface area contributed by atoms with Gasteiger partial charge in [0, 0.05) is 18.3 Å². The molecule has 0 aliphatic carbocycles. The maximum Gasteiger partial charge on any atom is 0.275 e. The normalized spacial score (nSPS) is 11.2. The van der Waals surface area contributed by atoms with Crippen molar-refractivity contribution in [2.75, 3.05) is 18.1 Å². The second-order valence-corrected chi connectivity index (χ2v) is 5.99. The Balaban J connectivity index is 1.71. The van der Waals surface area contributed by atoms with Crippen LogP contribution in [0.25, 0.3) is 11.0 Å². The van der Waals surface area contributed by atoms with Crippen molar-refractivity contribution < 1.29 is 0 Å². The summed E-state index contributed by atoms with van der Waals surface area (Å²) in [6.07, 6.45) is 7.01. The highest BCUT2D eigenvalue weighted by molar-refractivity contribution is 7.99. The number of aromatic amines is 2. The third kappa shape index (κ3) is 4.11. The number of rotatable bonds is 9. The fourth-order valence-electron chi connectivity index (χ4n) is 2.06. The quantitative estimate of drug-likeness (QED) is 0.620. The van der Waals surface area contributed by atoms with Crippen molar-refractivity contribution in [2.24, 2.45) is 0 Å². The van der Waals surface area contributed by atoms with E-state index in [0.717, 1.165) is 24.2 Å². The summed E-state index contributed by atoms with van der Waals surface area (Å²) >= 11 is 2.03. The van der Waals surface area contributed by atoms with E-state index in [2.05, 4.69) is 27.2 Å². The molecule has 0 amide bonds. The molecule has 2 rings (SSSR count). The van der Waals surface area contributed by atoms with Gasteiger partial charge >= 0.3 is 0 Å². The van der Waals surface area contributed by atoms with Crippen LogP contribution in [0.2, 0.25) is 0 Å². The largest absolute Gasteiger partial charge is 0.355 e. The van der Waals surface area contributed by atoms with Crippen molar-refractivity contribution in [3.05, 3.63) is 28.4 Å². The minimum Gasteiger partial charge on any atom is -0.355 e. The van der Waals surface area contributed by atoms with E-state index in [0.29, 0.717) is 5.52 Å². The number of unbranched alkanes of at least 4 members (excludes halogenated alkanes) is 1. The van der Waals surface area contributed by atoms with Crippen LogP contribution in [0.5, 0.6) is 0 Å². The van der Waals surface area contributed by atoms with E-state index in [1.54, 1.807) is 0 Å². The third-order valence-corrected chi connectivity index (χ3v) is 4.38. The molecule has 0 bridgehead atoms. The van der Waals surface area contributed by atoms with E-state index in [-0.39, 0.29) is 5.56 Å². The van der Waals surface area contributed by atoms with Crippen molar-refractivity contribution in [1.29, 1.82) is 0 Å². The molecule has 0 aromatic carbocycles. The molecule has 0 aliphatic rings. The molecule has 0 saturated carbocycles. The van der Waals surface area contributed by atoms with Crippen LogP contribution >= 0.6 is 11.8 Å². The highest BCUT2D eigenvalue weighted by Crippen LogP contribution is 2.11. The molecule has 6 heteroatoms. The topological polar surface area (TPSA) is 73.6 Å². The first-order valence-corrected chi connectivity index (χ1v) is 8.30. The zero-order valence-electron chi connectivity index (χ0n) is 11.9. The predicted octanol–water partition coefficient (Wildman–Crippen LogP) is 2.26. The number of fused-ring (bicyclic) bond motifs is 1. The molecule has 0 fully saturated rings. The van der Waals surface area contributed by atoms with Gasteiger partial charge in [-0.25, -0.2) is 4.98 Å². The number of H-pyrrole nitrogens is 2. The molecular weight excluding hydrogens is 272 g/mol. The number of thioether (sulfide) groups is 1. The Kier molecular flexibility index (Phi) is 6.14. The second kappa shape index (κ2) is 8.11. The van der Waals surface area contributed by atoms with E-state index in [4.69, 9.17) is 0 Å². The average molecular weight is 294 g/mol. The Hall–Kier alpha value is -1.27. The van der Waals surface area contributed by atoms with E-state index in [9.17, 15) is 4.79 Å². The smallest absolute Gasteiger partial charge is 0.275 e. The van der Waals surface area contributed by atoms with Gasteiger partial charge in [0.1, 0.15) is 5.52 Å². The summed E-state index contributed by atoms with van der Waals surface area (Å²) < 4.78 is 0. The lowest BCUT2D eigenvalue weighted by Crippen LogP contribution is -2.15. The van der Waals surface area contributed by atoms with E-state index in [1.807, 2.05) is 18.0 Å². The monoisotopic (exact) mass is 294 g/mol. The van der Waals surface area contributed by atoms with Crippen molar-refractivity contribution in [1.82, 2.24) is 20.3 Å². The Bertz CT molecular complexity index is 578. The molecule has 2 aromatic rings. The molecule has 0 aliphatic heterocycles. The molecule has 0 atom stereocenters. The highest BCUT2D eigenvalue weighted by atomic mass is 32.2. The Morgan fingerprint density at radius 1 is 1.30 bits per heavy atom. The lowest BCUT2D eigenvalue weighted by atomic mass is 10.2. The maximum absolute atomic E-state index is 11.5. The Morgan fingerprint density at radius 2 is 2.20 bits per heavy atom. The van der Waals surface area contributed by atoms with Gasteiger partial charge in [-0.05, 0) is 37.3 Å². The maximum atomic E-state index is 11.5. The minimum atomic E-state index is -0.116. The molecular formula is C14H22N4OS. The van der Waals surface area contributed by atoms with E-state index in [1.165, 1.54) is 37.1 Å². The Labute approximate surface area is 123 Å². The molecule has 0 unspecified atom stereocenters. The van der Waals surface area contributed by atoms with Crippen LogP contribution in [0.3, 0.4) is 0 Å². The second-order valence-electron chi connectivity index (χ2n) is 4.77. The molecule has 2 heterocycles. The molecule has 5 nitrogen and oxygen atoms in total. The summed E-state index contributed by atoms with van der Waals surface area (Å²) in [6, 6.07) is 0. The van der Waals surface area contributed by atoms with Crippen LogP contribution in [0.1, 0.15) is 31.7 Å². The van der Waals surface area contributed by atoms with Crippen LogP contribution in [-0.4, -0.2) is 33.0 Å². The first-order chi connectivity index (χ1) is 9.83. The Morgan fingerprint density at radius 3 is 3.05 bits per heavy atom. The SMILES string of the molecule is CCCSCCCCNCc1c[nH]c2c(=O)[nH]cnc12. The summed E-state index contributed by atoms with van der Waals surface area (Å²) in [6.45, 7) is 3.97. The summed E-state index contributed by atoms with van der Waals surface area (Å²) in [4.78, 5) is 21.3. The third-order valence-electron chi connectivity index (χ3n) is 3.10. The number of hydrogen-bond acceptors (Lipinski definition) is 4. The van der Waals surface area contributed by atoms with Crippen molar-refractivity contribution in [3.8, 4) is 0 Å². The van der Waals surface area contributed by atoms with Gasteiger partial charge < -0.3 is 15.3 Å². The summed E-state index contributed by atoms with van der Waals surface area (Å²) in [5, 5.41) is 3.41. The van der Waals surface area contributed by atoms with Crippen molar-refractivity contribution in [2.45, 2.75) is 32.7 Å². The fraction of sp³-hybridized carbons (Fsp3) is 0.571. The molecule has 110 valence electrons. The zero-order chi connectivity index (χ0) is 14.2. The van der Waals surface area contributed by atoms with Crippen LogP contribution in [0, 0.1) is 0 Å². The van der Waals surface area contributed by atoms with Gasteiger partial charge in [0.25, 0.3) is 5.56 Å². The first kappa shape index (κ1) is 15.1. The lowest BCUT2D eigenvalue weighted by molar-refractivity contribution is 0.645. The lowest BCUT2D eigenvalue weighted by Gasteiger charge is -2.03. The van der Waals surface area contributed by atoms with Gasteiger partial charge in [0.2, 0.25) is 0 Å². The van der Waals surface area contributed by atoms with Gasteiger partial charge in [0.15, 0.2) is 0 Å². The van der Waals surface area contributed by atoms with Crippen molar-refractivity contribution >= 4 is 22.8 Å². The standard InChI is InChI=1S/C14H22N4OS/c1-2-6-20-7-4-3-5-15-8-11-9-16-13-12(11)17-10-18-14(13)19/h9-10,15-16H,2-8H2,1H3,(H,17,18,19). The van der Waals surface area contributed by atoms with Crippen LogP contribution in [0.4, 0.5) is 0 Å². The summed E-state index contributed by atoms with van der Waals surface area (Å²) in [5.41, 5.74) is 2.25. The van der Waals surface area contributed by atoms with Gasteiger partial charge in [-0.1, -0.05) is 6.92 Å². The molecule has 0 spiro atoms. The first-order valence-electron chi connectivity index (χ1n) is 7.15. The molecule has 0 saturated heterocycles. The van der Waals surface area contributed by atoms with Gasteiger partial charge in [-0.15, -0.1) is 0 Å². The van der Waals surface area contributed by atoms with Crippen LogP contribution < -0.4 is 10.9 Å². The molecule has 0 radical (unpaired) electrons. The van der Waals surface area contributed by atoms with Crippen LogP contribution in [-0.2, 0) is 6.54 Å². The zero-order valence-corrected chi connectivity index (χ0v) is 12.7. The van der Waals surface area contributed by atoms with Gasteiger partial charge in [-0.2, -0.15) is 11.8 Å². The van der Waals surface area contributed by atoms with Gasteiger partial charge in [0.05, 0.1) is 11.8 Å². The molecule has 20 heavy (non-hydrogen) atoms. The average Bonchev–Trinajstić information content (AvgIpc) is 2.87. The van der Waals surface area contributed by atoms with Crippen LogP contribution in [0.15, 0.2) is 17.3 Å². The molecule has 2 aromatic heterocycles. The van der Waals surface area contributed by atoms with Gasteiger partial charge in [-0.3, -0.25) is 4.79 Å². The van der Waals surface area contributed by atoms with Crippen molar-refractivity contribution in [3.63, 3.8) is 0 Å². The molecule has 3 N–H and O–H groups in total. The summed E-state index contributed by atoms with van der Waals surface area (Å²) in [5.74, 6) is 2.52. The predicted molar refractivity (Wildman–Crippen MR) is 85.3 cm³/mol. The number of hydrogen-bond donors (Lipinski definition) is 3. The number of aromatic nitrogens is 3.